The van der Waals surface area contributed by atoms with Gasteiger partial charge in [-0.3, -0.25) is 4.57 Å². The number of hydrogen-bond donors (Lipinski definition) is 0. The van der Waals surface area contributed by atoms with Gasteiger partial charge in [0.05, 0.1) is 22.4 Å². The van der Waals surface area contributed by atoms with Crippen LogP contribution in [-0.4, -0.2) is 23.3 Å². The number of anilines is 6. The Morgan fingerprint density at radius 3 is 1.60 bits per heavy atom. The average Bonchev–Trinajstić information content (AvgIpc) is 3.83. The van der Waals surface area contributed by atoms with E-state index in [0.29, 0.717) is 0 Å². The molecule has 0 spiro atoms. The van der Waals surface area contributed by atoms with Crippen LogP contribution in [0.2, 0.25) is 0 Å². The fourth-order valence-electron chi connectivity index (χ4n) is 9.72. The number of rotatable bonds is 7. The Morgan fingerprint density at radius 2 is 0.985 bits per heavy atom. The van der Waals surface area contributed by atoms with Crippen LogP contribution in [0.25, 0.3) is 27.6 Å². The first-order chi connectivity index (χ1) is 31.4. The number of hydrogen-bond acceptors (Lipinski definition) is 4. The minimum absolute atomic E-state index is 0.0111. The van der Waals surface area contributed by atoms with Crippen LogP contribution in [-0.2, 0) is 27.1 Å². The smallest absolute Gasteiger partial charge is 0.137 e. The summed E-state index contributed by atoms with van der Waals surface area (Å²) in [5.41, 5.74) is 17.2. The molecule has 0 atom stereocenters. The first-order valence-corrected chi connectivity index (χ1v) is 24.2. The van der Waals surface area contributed by atoms with Crippen molar-refractivity contribution < 1.29 is 0 Å². The summed E-state index contributed by atoms with van der Waals surface area (Å²) in [7, 11) is 2.19. The highest BCUT2D eigenvalue weighted by Gasteiger charge is 2.31. The minimum Gasteiger partial charge on any atom is -0.344 e. The van der Waals surface area contributed by atoms with Gasteiger partial charge in [0.25, 0.3) is 0 Å². The molecule has 1 aliphatic rings. The summed E-state index contributed by atoms with van der Waals surface area (Å²) in [5.74, 6) is 0.919. The molecule has 0 saturated carbocycles. The van der Waals surface area contributed by atoms with E-state index in [2.05, 4.69) is 263 Å². The maximum atomic E-state index is 5.11. The minimum atomic E-state index is -0.235. The Labute approximate surface area is 401 Å². The molecule has 67 heavy (non-hydrogen) atoms. The van der Waals surface area contributed by atoms with Gasteiger partial charge in [0.1, 0.15) is 12.5 Å². The van der Waals surface area contributed by atoms with Crippen LogP contribution >= 0.6 is 0 Å². The SMILES string of the molecule is CN(c1cccc(N2CN(c3cc(C(C)(C)C)cc(C(C)(C)C)c3)c3ccccc32)c1)c1ccc2c3cc(C(C)(C)C)ccc3n(-c3cc(C(C)(C)c4ccc(C(C)(C)C)cc4)ccn3)c2c1. The zero-order valence-electron chi connectivity index (χ0n) is 42.8. The fraction of sp³-hybridized carbons (Fsp3) is 0.339. The Morgan fingerprint density at radius 1 is 0.418 bits per heavy atom. The second kappa shape index (κ2) is 16.2. The molecule has 2 aromatic heterocycles. The van der Waals surface area contributed by atoms with E-state index in [-0.39, 0.29) is 27.1 Å². The fourth-order valence-corrected chi connectivity index (χ4v) is 9.72. The van der Waals surface area contributed by atoms with E-state index in [9.17, 15) is 0 Å². The molecule has 0 radical (unpaired) electrons. The number of nitrogens with zero attached hydrogens (tertiary/aromatic N) is 5. The molecule has 0 unspecified atom stereocenters. The molecule has 0 N–H and O–H groups in total. The molecule has 5 nitrogen and oxygen atoms in total. The summed E-state index contributed by atoms with van der Waals surface area (Å²) in [4.78, 5) is 12.4. The van der Waals surface area contributed by atoms with Gasteiger partial charge in [-0.15, -0.1) is 0 Å². The van der Waals surface area contributed by atoms with Gasteiger partial charge in [-0.2, -0.15) is 0 Å². The topological polar surface area (TPSA) is 27.5 Å². The monoisotopic (exact) mass is 886 g/mol. The van der Waals surface area contributed by atoms with Gasteiger partial charge in [-0.25, -0.2) is 4.98 Å². The van der Waals surface area contributed by atoms with E-state index < -0.39 is 0 Å². The van der Waals surface area contributed by atoms with Gasteiger partial charge in [-0.05, 0) is 134 Å². The molecule has 0 bridgehead atoms. The normalized spacial score (nSPS) is 13.8. The summed E-state index contributed by atoms with van der Waals surface area (Å²) in [6, 6.07) is 52.7. The summed E-state index contributed by atoms with van der Waals surface area (Å²) < 4.78 is 2.38. The third-order valence-corrected chi connectivity index (χ3v) is 14.4. The number of aromatic nitrogens is 2. The second-order valence-corrected chi connectivity index (χ2v) is 23.7. The molecule has 0 fully saturated rings. The molecule has 0 saturated heterocycles. The average molecular weight is 886 g/mol. The molecule has 0 aliphatic carbocycles. The van der Waals surface area contributed by atoms with Crippen LogP contribution in [0.3, 0.4) is 0 Å². The van der Waals surface area contributed by atoms with E-state index in [1.165, 1.54) is 61.2 Å². The second-order valence-electron chi connectivity index (χ2n) is 23.7. The Bertz CT molecular complexity index is 3110. The molecule has 9 rings (SSSR count). The van der Waals surface area contributed by atoms with Crippen molar-refractivity contribution >= 4 is 55.9 Å². The van der Waals surface area contributed by atoms with Crippen LogP contribution in [0.4, 0.5) is 34.1 Å². The first-order valence-electron chi connectivity index (χ1n) is 24.2. The lowest BCUT2D eigenvalue weighted by Crippen LogP contribution is -2.25. The van der Waals surface area contributed by atoms with Crippen molar-refractivity contribution in [3.63, 3.8) is 0 Å². The summed E-state index contributed by atoms with van der Waals surface area (Å²) in [6.45, 7) is 33.0. The van der Waals surface area contributed by atoms with Crippen LogP contribution in [0.15, 0.2) is 146 Å². The maximum Gasteiger partial charge on any atom is 0.137 e. The van der Waals surface area contributed by atoms with E-state index in [1.807, 2.05) is 6.20 Å². The van der Waals surface area contributed by atoms with Crippen molar-refractivity contribution in [2.45, 2.75) is 124 Å². The largest absolute Gasteiger partial charge is 0.344 e. The quantitative estimate of drug-likeness (QED) is 0.159. The van der Waals surface area contributed by atoms with Gasteiger partial charge in [0.2, 0.25) is 0 Å². The van der Waals surface area contributed by atoms with Gasteiger partial charge >= 0.3 is 0 Å². The highest BCUT2D eigenvalue weighted by Crippen LogP contribution is 2.47. The van der Waals surface area contributed by atoms with Crippen LogP contribution in [0.1, 0.15) is 130 Å². The standard InChI is InChI=1S/C62H71N5/c1-58(2,3)41-23-25-42(26-24-41)62(13,14)44-31-32-63-57(37-44)67-53-30-27-43(59(4,5)6)36-52(53)51-29-28-48(39-56(51)67)64(15)47-19-18-20-49(38-47)65-40-66(55-22-17-16-21-54(55)65)50-34-45(60(7,8)9)33-46(35-50)61(10,11)12/h16-39H,40H2,1-15H3. The lowest BCUT2D eigenvalue weighted by atomic mass is 9.77. The Hall–Kier alpha value is -6.33. The molecular weight excluding hydrogens is 815 g/mol. The van der Waals surface area contributed by atoms with Crippen molar-refractivity contribution in [2.75, 3.05) is 28.4 Å². The van der Waals surface area contributed by atoms with E-state index in [4.69, 9.17) is 4.98 Å². The predicted molar refractivity (Wildman–Crippen MR) is 288 cm³/mol. The van der Waals surface area contributed by atoms with Crippen LogP contribution < -0.4 is 14.7 Å². The van der Waals surface area contributed by atoms with Crippen molar-refractivity contribution in [2.24, 2.45) is 0 Å². The van der Waals surface area contributed by atoms with Gasteiger partial charge in [0, 0.05) is 52.2 Å². The molecule has 0 amide bonds. The van der Waals surface area contributed by atoms with Gasteiger partial charge in [-0.1, -0.05) is 158 Å². The summed E-state index contributed by atoms with van der Waals surface area (Å²) in [6.07, 6.45) is 1.99. The molecule has 3 heterocycles. The highest BCUT2D eigenvalue weighted by molar-refractivity contribution is 6.10. The van der Waals surface area contributed by atoms with Gasteiger partial charge in [0.15, 0.2) is 0 Å². The van der Waals surface area contributed by atoms with E-state index in [1.54, 1.807) is 0 Å². The number of para-hydroxylation sites is 2. The van der Waals surface area contributed by atoms with Crippen molar-refractivity contribution in [3.8, 4) is 5.82 Å². The third-order valence-electron chi connectivity index (χ3n) is 14.4. The molecule has 6 aromatic carbocycles. The molecule has 5 heteroatoms. The Balaban J connectivity index is 1.11. The number of pyridine rings is 1. The van der Waals surface area contributed by atoms with E-state index in [0.717, 1.165) is 40.6 Å². The lowest BCUT2D eigenvalue weighted by molar-refractivity contribution is 0.568. The predicted octanol–water partition coefficient (Wildman–Crippen LogP) is 16.7. The Kier molecular flexibility index (Phi) is 11.1. The molecular formula is C62H71N5. The molecule has 1 aliphatic heterocycles. The lowest BCUT2D eigenvalue weighted by Gasteiger charge is -2.29. The maximum absolute atomic E-state index is 5.11. The summed E-state index contributed by atoms with van der Waals surface area (Å²) >= 11 is 0. The van der Waals surface area contributed by atoms with Crippen molar-refractivity contribution in [3.05, 3.63) is 179 Å². The van der Waals surface area contributed by atoms with Crippen molar-refractivity contribution in [1.29, 1.82) is 0 Å². The highest BCUT2D eigenvalue weighted by atomic mass is 15.4. The van der Waals surface area contributed by atoms with E-state index >= 15 is 0 Å². The number of benzene rings is 6. The zero-order chi connectivity index (χ0) is 48.0. The third kappa shape index (κ3) is 8.51. The molecule has 8 aromatic rings. The number of fused-ring (bicyclic) bond motifs is 4. The summed E-state index contributed by atoms with van der Waals surface area (Å²) in [5, 5.41) is 2.46. The van der Waals surface area contributed by atoms with Crippen molar-refractivity contribution in [1.82, 2.24) is 9.55 Å². The first kappa shape index (κ1) is 45.8. The van der Waals surface area contributed by atoms with Gasteiger partial charge < -0.3 is 14.7 Å². The van der Waals surface area contributed by atoms with Crippen LogP contribution in [0, 0.1) is 0 Å². The molecule has 344 valence electrons. The zero-order valence-corrected chi connectivity index (χ0v) is 42.8. The van der Waals surface area contributed by atoms with Crippen LogP contribution in [0.5, 0.6) is 0 Å².